The number of nitrogens with zero attached hydrogens (tertiary/aromatic N) is 2. The highest BCUT2D eigenvalue weighted by molar-refractivity contribution is 8.18. The topological polar surface area (TPSA) is 17.8 Å². The predicted molar refractivity (Wildman–Crippen MR) is 103 cm³/mol. The van der Waals surface area contributed by atoms with Crippen LogP contribution in [0.5, 0.6) is 0 Å². The van der Waals surface area contributed by atoms with Gasteiger partial charge in [-0.25, -0.2) is 4.98 Å². The van der Waals surface area contributed by atoms with Gasteiger partial charge in [0.05, 0.1) is 10.4 Å². The molecule has 0 amide bonds. The van der Waals surface area contributed by atoms with Crippen molar-refractivity contribution in [2.24, 2.45) is 5.92 Å². The fourth-order valence-electron chi connectivity index (χ4n) is 2.98. The van der Waals surface area contributed by atoms with Gasteiger partial charge in [0.1, 0.15) is 0 Å². The molecular formula is C19H26N2S2. The molecule has 23 heavy (non-hydrogen) atoms. The van der Waals surface area contributed by atoms with Gasteiger partial charge in [-0.05, 0) is 49.2 Å². The molecule has 0 saturated carbocycles. The molecule has 0 bridgehead atoms. The highest BCUT2D eigenvalue weighted by Crippen LogP contribution is 2.49. The van der Waals surface area contributed by atoms with Crippen LogP contribution in [0.2, 0.25) is 0 Å². The van der Waals surface area contributed by atoms with Crippen molar-refractivity contribution in [1.29, 1.82) is 0 Å². The third-order valence-corrected chi connectivity index (χ3v) is 8.32. The van der Waals surface area contributed by atoms with E-state index in [0.717, 1.165) is 12.5 Å². The van der Waals surface area contributed by atoms with Crippen molar-refractivity contribution in [3.63, 3.8) is 0 Å². The van der Waals surface area contributed by atoms with E-state index in [1.54, 1.807) is 0 Å². The Morgan fingerprint density at radius 3 is 2.61 bits per heavy atom. The minimum atomic E-state index is 0.350. The van der Waals surface area contributed by atoms with Crippen LogP contribution in [0.4, 0.5) is 0 Å². The van der Waals surface area contributed by atoms with Gasteiger partial charge in [0.15, 0.2) is 0 Å². The van der Waals surface area contributed by atoms with Gasteiger partial charge in [0, 0.05) is 18.9 Å². The van der Waals surface area contributed by atoms with Crippen LogP contribution in [0.25, 0.3) is 0 Å². The maximum absolute atomic E-state index is 4.14. The lowest BCUT2D eigenvalue weighted by molar-refractivity contribution is 0.571. The fourth-order valence-corrected chi connectivity index (χ4v) is 6.40. The summed E-state index contributed by atoms with van der Waals surface area (Å²) in [5.74, 6) is 3.43. The number of hydrogen-bond acceptors (Lipinski definition) is 3. The Kier molecular flexibility index (Phi) is 5.76. The zero-order chi connectivity index (χ0) is 16.1. The summed E-state index contributed by atoms with van der Waals surface area (Å²) in [6.45, 7) is 5.62. The van der Waals surface area contributed by atoms with Crippen molar-refractivity contribution in [3.05, 3.63) is 54.1 Å². The number of benzene rings is 1. The Hall–Kier alpha value is -0.870. The van der Waals surface area contributed by atoms with Gasteiger partial charge >= 0.3 is 0 Å². The second kappa shape index (κ2) is 7.80. The molecule has 1 saturated heterocycles. The van der Waals surface area contributed by atoms with Crippen molar-refractivity contribution in [3.8, 4) is 0 Å². The van der Waals surface area contributed by atoms with E-state index in [1.807, 2.05) is 12.5 Å². The second-order valence-corrected chi connectivity index (χ2v) is 9.77. The SMILES string of the molecule is Cc1ccc(CC2(CCCn3ccnc3)SCC(C)CS2)cc1. The Balaban J connectivity index is 1.65. The molecule has 0 radical (unpaired) electrons. The largest absolute Gasteiger partial charge is 0.337 e. The number of imidazole rings is 1. The van der Waals surface area contributed by atoms with E-state index >= 15 is 0 Å². The van der Waals surface area contributed by atoms with E-state index in [0.29, 0.717) is 4.08 Å². The minimum Gasteiger partial charge on any atom is -0.337 e. The first kappa shape index (κ1) is 17.0. The van der Waals surface area contributed by atoms with E-state index in [2.05, 4.69) is 77.4 Å². The lowest BCUT2D eigenvalue weighted by Gasteiger charge is -2.39. The average Bonchev–Trinajstić information content (AvgIpc) is 3.06. The molecule has 1 aliphatic heterocycles. The first-order valence-electron chi connectivity index (χ1n) is 8.44. The smallest absolute Gasteiger partial charge is 0.0945 e. The zero-order valence-electron chi connectivity index (χ0n) is 14.1. The molecule has 0 N–H and O–H groups in total. The number of hydrogen-bond donors (Lipinski definition) is 0. The summed E-state index contributed by atoms with van der Waals surface area (Å²) in [6, 6.07) is 9.11. The van der Waals surface area contributed by atoms with Crippen molar-refractivity contribution in [1.82, 2.24) is 9.55 Å². The summed E-state index contributed by atoms with van der Waals surface area (Å²) in [7, 11) is 0. The monoisotopic (exact) mass is 346 g/mol. The number of aryl methyl sites for hydroxylation is 2. The summed E-state index contributed by atoms with van der Waals surface area (Å²) in [5, 5.41) is 0. The summed E-state index contributed by atoms with van der Waals surface area (Å²) >= 11 is 4.39. The van der Waals surface area contributed by atoms with Crippen LogP contribution in [-0.2, 0) is 13.0 Å². The van der Waals surface area contributed by atoms with E-state index in [4.69, 9.17) is 0 Å². The van der Waals surface area contributed by atoms with Gasteiger partial charge in [0.2, 0.25) is 0 Å². The molecule has 2 aromatic rings. The van der Waals surface area contributed by atoms with Gasteiger partial charge in [-0.2, -0.15) is 0 Å². The second-order valence-electron chi connectivity index (χ2n) is 6.70. The highest BCUT2D eigenvalue weighted by atomic mass is 32.2. The van der Waals surface area contributed by atoms with Gasteiger partial charge < -0.3 is 4.57 Å². The summed E-state index contributed by atoms with van der Waals surface area (Å²) < 4.78 is 2.54. The molecule has 1 aromatic heterocycles. The van der Waals surface area contributed by atoms with Crippen LogP contribution < -0.4 is 0 Å². The molecule has 1 aromatic carbocycles. The normalized spacial score (nSPS) is 24.7. The Labute approximate surface area is 148 Å². The van der Waals surface area contributed by atoms with Crippen molar-refractivity contribution in [2.75, 3.05) is 11.5 Å². The summed E-state index contributed by atoms with van der Waals surface area (Å²) in [6.07, 6.45) is 9.52. The Bertz CT molecular complexity index is 584. The maximum Gasteiger partial charge on any atom is 0.0945 e. The number of thioether (sulfide) groups is 2. The average molecular weight is 347 g/mol. The van der Waals surface area contributed by atoms with Crippen molar-refractivity contribution in [2.45, 2.75) is 43.7 Å². The molecule has 124 valence electrons. The molecule has 1 fully saturated rings. The molecule has 1 aliphatic rings. The fraction of sp³-hybridized carbons (Fsp3) is 0.526. The predicted octanol–water partition coefficient (Wildman–Crippen LogP) is 5.03. The van der Waals surface area contributed by atoms with Crippen molar-refractivity contribution < 1.29 is 0 Å². The molecule has 0 unspecified atom stereocenters. The third kappa shape index (κ3) is 4.80. The van der Waals surface area contributed by atoms with E-state index in [9.17, 15) is 0 Å². The number of aromatic nitrogens is 2. The minimum absolute atomic E-state index is 0.350. The van der Waals surface area contributed by atoms with E-state index in [1.165, 1.54) is 41.9 Å². The zero-order valence-corrected chi connectivity index (χ0v) is 15.7. The van der Waals surface area contributed by atoms with Gasteiger partial charge in [0.25, 0.3) is 0 Å². The molecular weight excluding hydrogens is 320 g/mol. The molecule has 2 heterocycles. The quantitative estimate of drug-likeness (QED) is 0.731. The van der Waals surface area contributed by atoms with Crippen LogP contribution in [0.3, 0.4) is 0 Å². The first-order valence-corrected chi connectivity index (χ1v) is 10.4. The molecule has 0 aliphatic carbocycles. The van der Waals surface area contributed by atoms with Crippen LogP contribution in [0.15, 0.2) is 43.0 Å². The standard InChI is InChI=1S/C19H26N2S2/c1-16-4-6-18(7-5-16)12-19(22-13-17(2)14-23-19)8-3-10-21-11-9-20-15-21/h4-7,9,11,15,17H,3,8,10,12-14H2,1-2H3. The van der Waals surface area contributed by atoms with E-state index in [-0.39, 0.29) is 0 Å². The van der Waals surface area contributed by atoms with Crippen LogP contribution in [-0.4, -0.2) is 25.1 Å². The van der Waals surface area contributed by atoms with E-state index < -0.39 is 0 Å². The lowest BCUT2D eigenvalue weighted by Crippen LogP contribution is -2.31. The third-order valence-electron chi connectivity index (χ3n) is 4.39. The molecule has 4 heteroatoms. The number of rotatable bonds is 6. The molecule has 2 nitrogen and oxygen atoms in total. The lowest BCUT2D eigenvalue weighted by atomic mass is 10.0. The van der Waals surface area contributed by atoms with Crippen LogP contribution in [0, 0.1) is 12.8 Å². The van der Waals surface area contributed by atoms with Gasteiger partial charge in [-0.15, -0.1) is 23.5 Å². The maximum atomic E-state index is 4.14. The Morgan fingerprint density at radius 2 is 1.96 bits per heavy atom. The van der Waals surface area contributed by atoms with Crippen molar-refractivity contribution >= 4 is 23.5 Å². The van der Waals surface area contributed by atoms with Gasteiger partial charge in [-0.3, -0.25) is 0 Å². The van der Waals surface area contributed by atoms with Gasteiger partial charge in [-0.1, -0.05) is 36.8 Å². The molecule has 0 spiro atoms. The molecule has 0 atom stereocenters. The van der Waals surface area contributed by atoms with Crippen LogP contribution in [0.1, 0.15) is 30.9 Å². The summed E-state index contributed by atoms with van der Waals surface area (Å²) in [4.78, 5) is 4.14. The Morgan fingerprint density at radius 1 is 1.22 bits per heavy atom. The molecule has 3 rings (SSSR count). The highest BCUT2D eigenvalue weighted by Gasteiger charge is 2.35. The summed E-state index contributed by atoms with van der Waals surface area (Å²) in [5.41, 5.74) is 2.83. The first-order chi connectivity index (χ1) is 11.2. The van der Waals surface area contributed by atoms with Crippen LogP contribution >= 0.6 is 23.5 Å².